The maximum absolute atomic E-state index is 10.7. The van der Waals surface area contributed by atoms with E-state index in [0.717, 1.165) is 25.1 Å². The maximum Gasteiger partial charge on any atom is 0.269 e. The number of nitro benzene ring substituents is 1. The molecule has 156 valence electrons. The molecule has 0 aliphatic heterocycles. The van der Waals surface area contributed by atoms with Gasteiger partial charge in [0, 0.05) is 24.4 Å². The van der Waals surface area contributed by atoms with Gasteiger partial charge in [-0.15, -0.1) is 0 Å². The van der Waals surface area contributed by atoms with Crippen LogP contribution in [0.2, 0.25) is 0 Å². The first kappa shape index (κ1) is 22.5. The molecule has 29 heavy (non-hydrogen) atoms. The average molecular weight is 399 g/mol. The fraction of sp³-hybridized carbons (Fsp3) is 0.455. The standard InChI is InChI=1S/C22H30N4O3/c1-3-5-6-7-16-25(20(4-2)17-27)21-12-8-18(9-13-21)23-24-19-10-14-22(15-11-19)26(28)29/h8-15,20,27H,3-7,16-17H2,1-2H3. The number of non-ortho nitro benzene ring substituents is 1. The lowest BCUT2D eigenvalue weighted by atomic mass is 10.1. The van der Waals surface area contributed by atoms with E-state index >= 15 is 0 Å². The molecule has 2 rings (SSSR count). The van der Waals surface area contributed by atoms with Crippen molar-refractivity contribution in [3.63, 3.8) is 0 Å². The minimum absolute atomic E-state index is 0.0293. The number of hydrogen-bond acceptors (Lipinski definition) is 6. The summed E-state index contributed by atoms with van der Waals surface area (Å²) in [6, 6.07) is 13.9. The number of hydrogen-bond donors (Lipinski definition) is 1. The lowest BCUT2D eigenvalue weighted by molar-refractivity contribution is -0.384. The number of aliphatic hydroxyl groups excluding tert-OH is 1. The normalized spacial score (nSPS) is 12.2. The van der Waals surface area contributed by atoms with Crippen molar-refractivity contribution in [2.75, 3.05) is 18.1 Å². The fourth-order valence-electron chi connectivity index (χ4n) is 3.15. The van der Waals surface area contributed by atoms with Gasteiger partial charge in [-0.3, -0.25) is 10.1 Å². The lowest BCUT2D eigenvalue weighted by Crippen LogP contribution is -2.38. The van der Waals surface area contributed by atoms with Crippen molar-refractivity contribution in [1.29, 1.82) is 0 Å². The van der Waals surface area contributed by atoms with Crippen LogP contribution in [-0.4, -0.2) is 29.2 Å². The van der Waals surface area contributed by atoms with Crippen molar-refractivity contribution in [2.45, 2.75) is 52.0 Å². The van der Waals surface area contributed by atoms with E-state index in [1.54, 1.807) is 12.1 Å². The molecular weight excluding hydrogens is 368 g/mol. The minimum Gasteiger partial charge on any atom is -0.394 e. The summed E-state index contributed by atoms with van der Waals surface area (Å²) in [5.41, 5.74) is 2.36. The van der Waals surface area contributed by atoms with E-state index in [1.807, 2.05) is 24.3 Å². The molecule has 0 amide bonds. The number of nitro groups is 1. The molecule has 1 atom stereocenters. The number of anilines is 1. The van der Waals surface area contributed by atoms with Gasteiger partial charge in [0.1, 0.15) is 0 Å². The third-order valence-electron chi connectivity index (χ3n) is 4.90. The Balaban J connectivity index is 2.07. The average Bonchev–Trinajstić information content (AvgIpc) is 2.75. The highest BCUT2D eigenvalue weighted by Gasteiger charge is 2.16. The molecule has 0 saturated carbocycles. The summed E-state index contributed by atoms with van der Waals surface area (Å²) in [7, 11) is 0. The largest absolute Gasteiger partial charge is 0.394 e. The monoisotopic (exact) mass is 398 g/mol. The first-order chi connectivity index (χ1) is 14.1. The highest BCUT2D eigenvalue weighted by Crippen LogP contribution is 2.25. The number of aliphatic hydroxyl groups is 1. The van der Waals surface area contributed by atoms with Crippen LogP contribution in [0.25, 0.3) is 0 Å². The molecule has 1 N–H and O–H groups in total. The molecule has 0 saturated heterocycles. The number of rotatable bonds is 12. The summed E-state index contributed by atoms with van der Waals surface area (Å²) in [6.45, 7) is 5.34. The second-order valence-electron chi connectivity index (χ2n) is 6.99. The summed E-state index contributed by atoms with van der Waals surface area (Å²) in [5.74, 6) is 0. The van der Waals surface area contributed by atoms with Gasteiger partial charge in [-0.1, -0.05) is 33.1 Å². The van der Waals surface area contributed by atoms with E-state index < -0.39 is 4.92 Å². The van der Waals surface area contributed by atoms with Crippen LogP contribution in [0.5, 0.6) is 0 Å². The van der Waals surface area contributed by atoms with Crippen molar-refractivity contribution in [2.24, 2.45) is 10.2 Å². The Kier molecular flexibility index (Phi) is 9.24. The summed E-state index contributed by atoms with van der Waals surface area (Å²) >= 11 is 0. The second-order valence-corrected chi connectivity index (χ2v) is 6.99. The molecule has 1 unspecified atom stereocenters. The molecular formula is C22H30N4O3. The minimum atomic E-state index is -0.441. The zero-order chi connectivity index (χ0) is 21.1. The Bertz CT molecular complexity index is 772. The molecule has 0 radical (unpaired) electrons. The van der Waals surface area contributed by atoms with E-state index in [4.69, 9.17) is 0 Å². The van der Waals surface area contributed by atoms with Crippen LogP contribution in [0.15, 0.2) is 58.8 Å². The van der Waals surface area contributed by atoms with Gasteiger partial charge in [-0.05, 0) is 49.2 Å². The van der Waals surface area contributed by atoms with Crippen molar-refractivity contribution >= 4 is 22.7 Å². The Morgan fingerprint density at radius 3 is 2.03 bits per heavy atom. The van der Waals surface area contributed by atoms with Crippen LogP contribution in [0.1, 0.15) is 46.0 Å². The van der Waals surface area contributed by atoms with Crippen LogP contribution in [0.3, 0.4) is 0 Å². The third kappa shape index (κ3) is 6.94. The van der Waals surface area contributed by atoms with Gasteiger partial charge in [-0.25, -0.2) is 0 Å². The summed E-state index contributed by atoms with van der Waals surface area (Å²) in [5, 5.41) is 28.8. The summed E-state index contributed by atoms with van der Waals surface area (Å²) in [4.78, 5) is 12.5. The molecule has 0 bridgehead atoms. The zero-order valence-electron chi connectivity index (χ0n) is 17.2. The van der Waals surface area contributed by atoms with E-state index in [2.05, 4.69) is 29.0 Å². The quantitative estimate of drug-likeness (QED) is 0.200. The van der Waals surface area contributed by atoms with Gasteiger partial charge in [0.05, 0.1) is 28.9 Å². The van der Waals surface area contributed by atoms with Crippen molar-refractivity contribution in [1.82, 2.24) is 0 Å². The van der Waals surface area contributed by atoms with Crippen LogP contribution in [0, 0.1) is 10.1 Å². The van der Waals surface area contributed by atoms with Crippen molar-refractivity contribution in [3.8, 4) is 0 Å². The number of benzene rings is 2. The topological polar surface area (TPSA) is 91.3 Å². The molecule has 7 heteroatoms. The van der Waals surface area contributed by atoms with Crippen LogP contribution < -0.4 is 4.90 Å². The Labute approximate surface area is 172 Å². The van der Waals surface area contributed by atoms with Crippen LogP contribution in [-0.2, 0) is 0 Å². The van der Waals surface area contributed by atoms with Crippen molar-refractivity contribution < 1.29 is 10.0 Å². The molecule has 0 spiro atoms. The van der Waals surface area contributed by atoms with Gasteiger partial charge in [0.2, 0.25) is 0 Å². The van der Waals surface area contributed by atoms with Crippen LogP contribution >= 0.6 is 0 Å². The molecule has 0 aliphatic rings. The van der Waals surface area contributed by atoms with Gasteiger partial charge in [-0.2, -0.15) is 10.2 Å². The SMILES string of the molecule is CCCCCCN(c1ccc(N=Nc2ccc([N+](=O)[O-])cc2)cc1)C(CC)CO. The summed E-state index contributed by atoms with van der Waals surface area (Å²) < 4.78 is 0. The highest BCUT2D eigenvalue weighted by atomic mass is 16.6. The molecule has 0 heterocycles. The molecule has 0 fully saturated rings. The molecule has 2 aromatic carbocycles. The third-order valence-corrected chi connectivity index (χ3v) is 4.90. The maximum atomic E-state index is 10.7. The van der Waals surface area contributed by atoms with Crippen molar-refractivity contribution in [3.05, 3.63) is 58.6 Å². The van der Waals surface area contributed by atoms with E-state index in [0.29, 0.717) is 11.4 Å². The predicted molar refractivity (Wildman–Crippen MR) is 116 cm³/mol. The van der Waals surface area contributed by atoms with Gasteiger partial charge >= 0.3 is 0 Å². The fourth-order valence-corrected chi connectivity index (χ4v) is 3.15. The first-order valence-corrected chi connectivity index (χ1v) is 10.2. The first-order valence-electron chi connectivity index (χ1n) is 10.2. The number of unbranched alkanes of at least 4 members (excludes halogenated alkanes) is 3. The van der Waals surface area contributed by atoms with E-state index in [1.165, 1.54) is 31.4 Å². The molecule has 2 aromatic rings. The van der Waals surface area contributed by atoms with E-state index in [9.17, 15) is 15.2 Å². The Morgan fingerprint density at radius 1 is 0.966 bits per heavy atom. The van der Waals surface area contributed by atoms with Gasteiger partial charge in [0.15, 0.2) is 0 Å². The second kappa shape index (κ2) is 11.9. The van der Waals surface area contributed by atoms with Gasteiger partial charge in [0.25, 0.3) is 5.69 Å². The lowest BCUT2D eigenvalue weighted by Gasteiger charge is -2.32. The smallest absolute Gasteiger partial charge is 0.269 e. The molecule has 0 aromatic heterocycles. The Morgan fingerprint density at radius 2 is 1.55 bits per heavy atom. The van der Waals surface area contributed by atoms with E-state index in [-0.39, 0.29) is 18.3 Å². The van der Waals surface area contributed by atoms with Crippen LogP contribution in [0.4, 0.5) is 22.7 Å². The Hall–Kier alpha value is -2.80. The number of nitrogens with zero attached hydrogens (tertiary/aromatic N) is 4. The summed E-state index contributed by atoms with van der Waals surface area (Å²) in [6.07, 6.45) is 5.60. The zero-order valence-corrected chi connectivity index (χ0v) is 17.2. The highest BCUT2D eigenvalue weighted by molar-refractivity contribution is 5.54. The predicted octanol–water partition coefficient (Wildman–Crippen LogP) is 6.17. The molecule has 7 nitrogen and oxygen atoms in total. The number of azo groups is 1. The molecule has 0 aliphatic carbocycles. The van der Waals surface area contributed by atoms with Gasteiger partial charge < -0.3 is 10.0 Å².